The molecule has 1 aliphatic heterocycles. The van der Waals surface area contributed by atoms with Crippen LogP contribution in [0, 0.1) is 5.92 Å². The molecule has 1 aromatic heterocycles. The number of anilines is 2. The maximum atomic E-state index is 11.8. The van der Waals surface area contributed by atoms with Crippen molar-refractivity contribution in [2.45, 2.75) is 33.3 Å². The Bertz CT molecular complexity index is 785. The molecule has 2 heterocycles. The lowest BCUT2D eigenvalue weighted by Crippen LogP contribution is -2.34. The molecule has 0 fully saturated rings. The topological polar surface area (TPSA) is 80.3 Å². The maximum absolute atomic E-state index is 11.8. The van der Waals surface area contributed by atoms with Crippen molar-refractivity contribution in [3.63, 3.8) is 0 Å². The summed E-state index contributed by atoms with van der Waals surface area (Å²) in [7, 11) is 0. The Kier molecular flexibility index (Phi) is 4.53. The molecule has 0 radical (unpaired) electrons. The molecule has 6 nitrogen and oxygen atoms in total. The van der Waals surface area contributed by atoms with Gasteiger partial charge in [-0.2, -0.15) is 0 Å². The highest BCUT2D eigenvalue weighted by molar-refractivity contribution is 7.14. The predicted octanol–water partition coefficient (Wildman–Crippen LogP) is 3.51. The van der Waals surface area contributed by atoms with Crippen LogP contribution in [-0.4, -0.2) is 22.9 Å². The largest absolute Gasteiger partial charge is 0.479 e. The van der Waals surface area contributed by atoms with E-state index in [9.17, 15) is 9.59 Å². The molecular formula is C17H19N3O3S. The number of ether oxygens (including phenoxy) is 1. The molecule has 3 rings (SSSR count). The third-order valence-corrected chi connectivity index (χ3v) is 4.31. The van der Waals surface area contributed by atoms with E-state index in [0.717, 1.165) is 11.3 Å². The molecule has 126 valence electrons. The van der Waals surface area contributed by atoms with Crippen molar-refractivity contribution in [2.75, 3.05) is 10.6 Å². The third kappa shape index (κ3) is 3.56. The van der Waals surface area contributed by atoms with Gasteiger partial charge in [-0.05, 0) is 31.0 Å². The Hall–Kier alpha value is -2.41. The summed E-state index contributed by atoms with van der Waals surface area (Å²) in [6.45, 7) is 5.70. The normalized spacial score (nSPS) is 16.3. The molecule has 0 aliphatic carbocycles. The number of carbonyl (C=O) groups excluding carboxylic acids is 2. The summed E-state index contributed by atoms with van der Waals surface area (Å²) in [5, 5.41) is 8.08. The van der Waals surface area contributed by atoms with Gasteiger partial charge in [0.2, 0.25) is 5.91 Å². The second-order valence-electron chi connectivity index (χ2n) is 6.14. The summed E-state index contributed by atoms with van der Waals surface area (Å²) in [5.74, 6) is 0.744. The molecule has 24 heavy (non-hydrogen) atoms. The van der Waals surface area contributed by atoms with Gasteiger partial charge in [-0.1, -0.05) is 13.8 Å². The van der Waals surface area contributed by atoms with Gasteiger partial charge in [0.1, 0.15) is 5.75 Å². The van der Waals surface area contributed by atoms with E-state index in [4.69, 9.17) is 4.74 Å². The number of aromatic nitrogens is 1. The highest BCUT2D eigenvalue weighted by Crippen LogP contribution is 2.34. The van der Waals surface area contributed by atoms with Gasteiger partial charge in [0.15, 0.2) is 11.2 Å². The fourth-order valence-corrected chi connectivity index (χ4v) is 3.11. The molecule has 0 bridgehead atoms. The van der Waals surface area contributed by atoms with E-state index >= 15 is 0 Å². The van der Waals surface area contributed by atoms with Gasteiger partial charge in [0.25, 0.3) is 5.91 Å². The van der Waals surface area contributed by atoms with Crippen LogP contribution in [0.5, 0.6) is 5.75 Å². The first-order valence-corrected chi connectivity index (χ1v) is 8.67. The summed E-state index contributed by atoms with van der Waals surface area (Å²) >= 11 is 1.38. The van der Waals surface area contributed by atoms with Crippen LogP contribution in [0.3, 0.4) is 0 Å². The predicted molar refractivity (Wildman–Crippen MR) is 94.4 cm³/mol. The number of hydrogen-bond acceptors (Lipinski definition) is 5. The molecule has 1 aliphatic rings. The first-order chi connectivity index (χ1) is 11.4. The SMILES string of the molecule is CC(C)CC(=O)Nc1nc(-c2ccc3c(c2)NC(=O)[C@@H](C)O3)cs1. The third-order valence-electron chi connectivity index (χ3n) is 3.55. The van der Waals surface area contributed by atoms with E-state index < -0.39 is 6.10 Å². The number of nitrogens with one attached hydrogen (secondary N) is 2. The van der Waals surface area contributed by atoms with Gasteiger partial charge in [-0.3, -0.25) is 9.59 Å². The number of fused-ring (bicyclic) bond motifs is 1. The highest BCUT2D eigenvalue weighted by atomic mass is 32.1. The number of rotatable bonds is 4. The first kappa shape index (κ1) is 16.4. The molecule has 0 spiro atoms. The fourth-order valence-electron chi connectivity index (χ4n) is 2.37. The molecule has 2 aromatic rings. The number of hydrogen-bond donors (Lipinski definition) is 2. The van der Waals surface area contributed by atoms with E-state index in [0.29, 0.717) is 28.9 Å². The summed E-state index contributed by atoms with van der Waals surface area (Å²) in [6.07, 6.45) is -0.0274. The Morgan fingerprint density at radius 1 is 1.46 bits per heavy atom. The van der Waals surface area contributed by atoms with Crippen LogP contribution in [0.15, 0.2) is 23.6 Å². The van der Waals surface area contributed by atoms with Crippen molar-refractivity contribution < 1.29 is 14.3 Å². The number of benzene rings is 1. The maximum Gasteiger partial charge on any atom is 0.265 e. The van der Waals surface area contributed by atoms with Crippen molar-refractivity contribution in [3.05, 3.63) is 23.6 Å². The zero-order valence-corrected chi connectivity index (χ0v) is 14.6. The van der Waals surface area contributed by atoms with Gasteiger partial charge >= 0.3 is 0 Å². The van der Waals surface area contributed by atoms with Crippen LogP contribution in [0.25, 0.3) is 11.3 Å². The minimum absolute atomic E-state index is 0.0361. The molecule has 7 heteroatoms. The molecule has 0 saturated carbocycles. The fraction of sp³-hybridized carbons (Fsp3) is 0.353. The molecule has 1 atom stereocenters. The van der Waals surface area contributed by atoms with E-state index in [1.807, 2.05) is 37.4 Å². The molecule has 2 amide bonds. The highest BCUT2D eigenvalue weighted by Gasteiger charge is 2.23. The monoisotopic (exact) mass is 345 g/mol. The smallest absolute Gasteiger partial charge is 0.265 e. The van der Waals surface area contributed by atoms with E-state index in [1.165, 1.54) is 11.3 Å². The quantitative estimate of drug-likeness (QED) is 0.888. The molecule has 0 saturated heterocycles. The van der Waals surface area contributed by atoms with Crippen LogP contribution < -0.4 is 15.4 Å². The summed E-state index contributed by atoms with van der Waals surface area (Å²) < 4.78 is 5.54. The summed E-state index contributed by atoms with van der Waals surface area (Å²) in [5.41, 5.74) is 2.23. The van der Waals surface area contributed by atoms with Crippen molar-refractivity contribution >= 4 is 34.0 Å². The van der Waals surface area contributed by atoms with Crippen molar-refractivity contribution in [3.8, 4) is 17.0 Å². The second-order valence-corrected chi connectivity index (χ2v) is 7.00. The van der Waals surface area contributed by atoms with Crippen molar-refractivity contribution in [2.24, 2.45) is 5.92 Å². The van der Waals surface area contributed by atoms with Gasteiger partial charge in [-0.25, -0.2) is 4.98 Å². The van der Waals surface area contributed by atoms with Crippen molar-refractivity contribution in [1.82, 2.24) is 4.98 Å². The van der Waals surface area contributed by atoms with Crippen LogP contribution in [0.4, 0.5) is 10.8 Å². The van der Waals surface area contributed by atoms with Gasteiger partial charge in [0.05, 0.1) is 11.4 Å². The number of amides is 2. The first-order valence-electron chi connectivity index (χ1n) is 7.79. The van der Waals surface area contributed by atoms with E-state index in [2.05, 4.69) is 15.6 Å². The Morgan fingerprint density at radius 3 is 3.00 bits per heavy atom. The Balaban J connectivity index is 1.77. The molecule has 2 N–H and O–H groups in total. The Labute approximate surface area is 144 Å². The average Bonchev–Trinajstić information content (AvgIpc) is 2.95. The number of thiazole rings is 1. The van der Waals surface area contributed by atoms with Crippen LogP contribution in [-0.2, 0) is 9.59 Å². The number of carbonyl (C=O) groups is 2. The lowest BCUT2D eigenvalue weighted by atomic mass is 10.1. The minimum Gasteiger partial charge on any atom is -0.479 e. The summed E-state index contributed by atoms with van der Waals surface area (Å²) in [4.78, 5) is 28.0. The van der Waals surface area contributed by atoms with Crippen LogP contribution in [0.2, 0.25) is 0 Å². The standard InChI is InChI=1S/C17H19N3O3S/c1-9(2)6-15(21)20-17-19-13(8-24-17)11-4-5-14-12(7-11)18-16(22)10(3)23-14/h4-5,7-10H,6H2,1-3H3,(H,18,22)(H,19,20,21)/t10-/m1/s1. The minimum atomic E-state index is -0.495. The van der Waals surface area contributed by atoms with Crippen LogP contribution >= 0.6 is 11.3 Å². The zero-order valence-electron chi connectivity index (χ0n) is 13.8. The van der Waals surface area contributed by atoms with E-state index in [1.54, 1.807) is 6.92 Å². The molecule has 0 unspecified atom stereocenters. The number of nitrogens with zero attached hydrogens (tertiary/aromatic N) is 1. The van der Waals surface area contributed by atoms with E-state index in [-0.39, 0.29) is 11.8 Å². The molecular weight excluding hydrogens is 326 g/mol. The Morgan fingerprint density at radius 2 is 2.25 bits per heavy atom. The lowest BCUT2D eigenvalue weighted by molar-refractivity contribution is -0.122. The van der Waals surface area contributed by atoms with Gasteiger partial charge in [0, 0.05) is 17.4 Å². The summed E-state index contributed by atoms with van der Waals surface area (Å²) in [6, 6.07) is 5.53. The second kappa shape index (κ2) is 6.60. The zero-order chi connectivity index (χ0) is 17.3. The van der Waals surface area contributed by atoms with Gasteiger partial charge in [-0.15, -0.1) is 11.3 Å². The van der Waals surface area contributed by atoms with Crippen molar-refractivity contribution in [1.29, 1.82) is 0 Å². The average molecular weight is 345 g/mol. The van der Waals surface area contributed by atoms with Gasteiger partial charge < -0.3 is 15.4 Å². The lowest BCUT2D eigenvalue weighted by Gasteiger charge is -2.23. The molecule has 1 aromatic carbocycles. The van der Waals surface area contributed by atoms with Crippen LogP contribution in [0.1, 0.15) is 27.2 Å².